The number of aliphatic hydroxyl groups excluding tert-OH is 1. The Morgan fingerprint density at radius 3 is 2.59 bits per heavy atom. The molecule has 8 nitrogen and oxygen atoms in total. The van der Waals surface area contributed by atoms with Crippen molar-refractivity contribution in [2.75, 3.05) is 26.2 Å². The third-order valence-corrected chi connectivity index (χ3v) is 24.3. The van der Waals surface area contributed by atoms with E-state index in [1.165, 1.54) is 108 Å². The number of benzene rings is 1. The van der Waals surface area contributed by atoms with Gasteiger partial charge in [0.05, 0.1) is 11.0 Å². The number of ether oxygens (including phenoxy) is 2. The minimum atomic E-state index is -1.14. The third-order valence-electron chi connectivity index (χ3n) is 24.3. The Kier molecular flexibility index (Phi) is 9.18. The average Bonchev–Trinajstić information content (AvgIpc) is 4.15. The molecular weight excluding hydrogens is 867 g/mol. The van der Waals surface area contributed by atoms with Crippen molar-refractivity contribution in [2.24, 2.45) is 87.1 Å². The number of nitrogens with two attached hydrogens (primary N) is 1. The molecule has 9 heterocycles. The van der Waals surface area contributed by atoms with Gasteiger partial charge in [-0.25, -0.2) is 4.79 Å². The lowest BCUT2D eigenvalue weighted by Gasteiger charge is -2.73. The molecule has 16 unspecified atom stereocenters. The Bertz CT molecular complexity index is 2630. The van der Waals surface area contributed by atoms with Crippen LogP contribution >= 0.6 is 0 Å². The molecule has 18 aliphatic rings. The molecule has 9 aliphatic heterocycles. The number of aliphatic hydroxyl groups is 1. The summed E-state index contributed by atoms with van der Waals surface area (Å²) in [5, 5.41) is 13.7. The molecule has 0 amide bonds. The van der Waals surface area contributed by atoms with Gasteiger partial charge in [0.2, 0.25) is 0 Å². The van der Waals surface area contributed by atoms with E-state index in [0.29, 0.717) is 84.1 Å². The van der Waals surface area contributed by atoms with Crippen molar-refractivity contribution in [3.8, 4) is 0 Å². The van der Waals surface area contributed by atoms with Gasteiger partial charge in [-0.05, 0) is 180 Å². The van der Waals surface area contributed by atoms with Crippen molar-refractivity contribution < 1.29 is 24.2 Å². The van der Waals surface area contributed by atoms with E-state index in [0.717, 1.165) is 56.4 Å². The van der Waals surface area contributed by atoms with E-state index in [4.69, 9.17) is 15.2 Å². The molecule has 12 bridgehead atoms. The maximum absolute atomic E-state index is 16.6. The van der Waals surface area contributed by atoms with Crippen LogP contribution < -0.4 is 5.73 Å². The van der Waals surface area contributed by atoms with Gasteiger partial charge in [0.1, 0.15) is 11.2 Å². The largest absolute Gasteiger partial charge is 0.509 e. The highest BCUT2D eigenvalue weighted by Gasteiger charge is 2.94. The maximum Gasteiger partial charge on any atom is 0.339 e. The Hall–Kier alpha value is -3.62. The lowest BCUT2D eigenvalue weighted by Crippen LogP contribution is -2.78. The van der Waals surface area contributed by atoms with Crippen LogP contribution in [0.1, 0.15) is 163 Å². The van der Waals surface area contributed by atoms with E-state index in [-0.39, 0.29) is 53.3 Å². The highest BCUT2D eigenvalue weighted by Crippen LogP contribution is 2.88. The van der Waals surface area contributed by atoms with Crippen LogP contribution in [0.4, 0.5) is 0 Å². The summed E-state index contributed by atoms with van der Waals surface area (Å²) >= 11 is 0. The maximum atomic E-state index is 16.6. The summed E-state index contributed by atoms with van der Waals surface area (Å²) in [4.78, 5) is 37.8. The summed E-state index contributed by atoms with van der Waals surface area (Å²) < 4.78 is 14.7. The van der Waals surface area contributed by atoms with Gasteiger partial charge in [-0.15, -0.1) is 0 Å². The quantitative estimate of drug-likeness (QED) is 0.222. The monoisotopic (exact) mass is 944 g/mol. The number of hydrogen-bond acceptors (Lipinski definition) is 8. The second-order valence-corrected chi connectivity index (χ2v) is 26.7. The summed E-state index contributed by atoms with van der Waals surface area (Å²) in [5.74, 6) is 4.27. The van der Waals surface area contributed by atoms with Gasteiger partial charge in [0.15, 0.2) is 11.4 Å². The summed E-state index contributed by atoms with van der Waals surface area (Å²) in [5.41, 5.74) is 12.3. The van der Waals surface area contributed by atoms with Crippen molar-refractivity contribution in [3.05, 3.63) is 93.1 Å². The number of hydrogen-bond donors (Lipinski definition) is 2. The van der Waals surface area contributed by atoms with Gasteiger partial charge in [-0.2, -0.15) is 0 Å². The van der Waals surface area contributed by atoms with Crippen LogP contribution in [0.2, 0.25) is 0 Å². The lowest BCUT2D eigenvalue weighted by molar-refractivity contribution is -0.283. The van der Waals surface area contributed by atoms with Crippen LogP contribution in [0, 0.1) is 81.3 Å². The second kappa shape index (κ2) is 15.0. The van der Waals surface area contributed by atoms with E-state index in [2.05, 4.69) is 52.3 Å². The Balaban J connectivity index is 0.982. The van der Waals surface area contributed by atoms with Crippen LogP contribution in [0.5, 0.6) is 0 Å². The molecule has 370 valence electrons. The molecular formula is C62H77N3O5. The van der Waals surface area contributed by atoms with Gasteiger partial charge in [-0.1, -0.05) is 85.8 Å². The minimum absolute atomic E-state index is 0.0572. The van der Waals surface area contributed by atoms with Gasteiger partial charge in [-0.3, -0.25) is 9.69 Å². The molecule has 9 aliphatic carbocycles. The predicted octanol–water partition coefficient (Wildman–Crippen LogP) is 11.4. The zero-order chi connectivity index (χ0) is 46.5. The first-order valence-electron chi connectivity index (χ1n) is 29.3. The first-order chi connectivity index (χ1) is 34.3. The first kappa shape index (κ1) is 42.8. The fourth-order valence-corrected chi connectivity index (χ4v) is 22.2. The number of esters is 2. The Morgan fingerprint density at radius 1 is 0.829 bits per heavy atom. The highest BCUT2D eigenvalue weighted by molar-refractivity contribution is 6.00. The summed E-state index contributed by atoms with van der Waals surface area (Å²) in [7, 11) is 0. The van der Waals surface area contributed by atoms with Crippen molar-refractivity contribution in [3.63, 3.8) is 0 Å². The number of aryl methyl sites for hydroxylation is 1. The normalized spacial score (nSPS) is 46.4. The molecule has 16 atom stereocenters. The van der Waals surface area contributed by atoms with Crippen molar-refractivity contribution in [1.82, 2.24) is 9.80 Å². The van der Waals surface area contributed by atoms with Crippen LogP contribution in [-0.4, -0.2) is 65.1 Å². The smallest absolute Gasteiger partial charge is 0.339 e. The van der Waals surface area contributed by atoms with Gasteiger partial charge < -0.3 is 25.2 Å². The van der Waals surface area contributed by atoms with Gasteiger partial charge in [0.25, 0.3) is 0 Å². The zero-order valence-corrected chi connectivity index (χ0v) is 41.7. The summed E-state index contributed by atoms with van der Waals surface area (Å²) in [6, 6.07) is 7.18. The lowest BCUT2D eigenvalue weighted by atomic mass is 9.27. The summed E-state index contributed by atoms with van der Waals surface area (Å²) in [6.45, 7) is 3.88. The van der Waals surface area contributed by atoms with E-state index < -0.39 is 16.4 Å². The third kappa shape index (κ3) is 5.18. The minimum Gasteiger partial charge on any atom is -0.509 e. The molecule has 1 aromatic rings. The van der Waals surface area contributed by atoms with E-state index in [1.54, 1.807) is 16.8 Å². The van der Waals surface area contributed by atoms with E-state index >= 15 is 9.59 Å². The van der Waals surface area contributed by atoms with E-state index in [1.807, 2.05) is 0 Å². The number of fused-ring (bicyclic) bond motifs is 4. The van der Waals surface area contributed by atoms with Crippen molar-refractivity contribution in [1.29, 1.82) is 0 Å². The zero-order valence-electron chi connectivity index (χ0n) is 41.7. The average molecular weight is 944 g/mol. The van der Waals surface area contributed by atoms with E-state index in [9.17, 15) is 5.11 Å². The Morgan fingerprint density at radius 2 is 1.71 bits per heavy atom. The molecule has 8 heteroatoms. The number of carbonyl (C=O) groups excluding carboxylic acids is 2. The number of carbonyl (C=O) groups is 2. The predicted molar refractivity (Wildman–Crippen MR) is 267 cm³/mol. The molecule has 4 spiro atoms. The number of rotatable bonds is 5. The molecule has 19 rings (SSSR count). The molecule has 0 aromatic heterocycles. The molecule has 3 N–H and O–H groups in total. The molecule has 70 heavy (non-hydrogen) atoms. The molecule has 1 aromatic carbocycles. The van der Waals surface area contributed by atoms with Crippen molar-refractivity contribution >= 4 is 11.9 Å². The Labute approximate surface area is 416 Å². The number of allylic oxidation sites excluding steroid dienone is 6. The van der Waals surface area contributed by atoms with Crippen molar-refractivity contribution in [2.45, 2.75) is 165 Å². The van der Waals surface area contributed by atoms with Crippen LogP contribution in [0.3, 0.4) is 0 Å². The molecule has 3 saturated heterocycles. The topological polar surface area (TPSA) is 105 Å². The van der Waals surface area contributed by atoms with Crippen LogP contribution in [0.25, 0.3) is 0 Å². The fraction of sp³-hybridized carbons (Fsp3) is 0.710. The SMILES string of the molecule is NCCCc1cccc2c1C(=O)OC21C2CC(C3CCCCC3)C=CC3C4=C5CCC16C(=C(O)CC(C1CCC7(CCCC7)C1)N1CC7CC(C1)C1CCC8=C(C5C5C(CC=CC35)C8)N1C7)OC(=O)C426. The van der Waals surface area contributed by atoms with Gasteiger partial charge in [0, 0.05) is 67.2 Å². The molecule has 0 radical (unpaired) electrons. The first-order valence-corrected chi connectivity index (χ1v) is 29.3. The highest BCUT2D eigenvalue weighted by atomic mass is 16.6. The summed E-state index contributed by atoms with van der Waals surface area (Å²) in [6.07, 6.45) is 36.2. The number of piperidine rings is 2. The molecule has 4 saturated carbocycles. The van der Waals surface area contributed by atoms with Crippen LogP contribution in [-0.2, 0) is 26.3 Å². The second-order valence-electron chi connectivity index (χ2n) is 26.7. The van der Waals surface area contributed by atoms with Gasteiger partial charge >= 0.3 is 11.9 Å². The van der Waals surface area contributed by atoms with Crippen LogP contribution in [0.15, 0.2) is 76.4 Å². The standard InChI is InChI=1S/C62H77N3O5/c63-26-8-13-37-11-7-15-46-52(37)57(67)70-62(46)50-29-38(36-9-2-1-3-10-36)16-18-44-43-14-6-12-39-28-40-17-19-47-42-27-35-32-64(34-42)48(41-20-24-59(31-41)22-4-5-23-59)30-49(66)56-60(62)25-21-45(54(44)61(50,60)58(68)69-56)53(51(39)43)55(40)65(47)33-35/h6-7,11,14-16,18,35-36,38-39,41-44,47-48,50-51,53,66H,1-5,8-10,12-13,17,19-34,63H2. The molecule has 7 fully saturated rings. The number of nitrogens with zero attached hydrogens (tertiary/aromatic N) is 2. The fourth-order valence-electron chi connectivity index (χ4n) is 22.2.